The number of rotatable bonds is 3. The maximum absolute atomic E-state index is 14.7. The Kier molecular flexibility index (Phi) is 4.82. The van der Waals surface area contributed by atoms with E-state index in [1.165, 1.54) is 25.5 Å². The van der Waals surface area contributed by atoms with Gasteiger partial charge < -0.3 is 11.1 Å². The van der Waals surface area contributed by atoms with E-state index in [9.17, 15) is 8.78 Å². The number of nitrogens with two attached hydrogens (primary N) is 1. The molecule has 10 heteroatoms. The summed E-state index contributed by atoms with van der Waals surface area (Å²) in [6.45, 7) is 3.08. The van der Waals surface area contributed by atoms with Gasteiger partial charge in [0, 0.05) is 23.2 Å². The fourth-order valence-electron chi connectivity index (χ4n) is 3.05. The van der Waals surface area contributed by atoms with Crippen LogP contribution in [-0.4, -0.2) is 31.5 Å². The largest absolute Gasteiger partial charge is 0.384 e. The summed E-state index contributed by atoms with van der Waals surface area (Å²) in [5, 5.41) is 1.83. The first-order chi connectivity index (χ1) is 13.7. The average Bonchev–Trinajstić information content (AvgIpc) is 2.67. The molecule has 0 saturated carbocycles. The molecule has 2 aromatic heterocycles. The van der Waals surface area contributed by atoms with Crippen molar-refractivity contribution < 1.29 is 8.78 Å². The molecule has 3 N–H and O–H groups in total. The highest BCUT2D eigenvalue weighted by Gasteiger charge is 2.42. The zero-order valence-corrected chi connectivity index (χ0v) is 17.2. The molecule has 3 heterocycles. The van der Waals surface area contributed by atoms with E-state index >= 15 is 0 Å². The number of thioether (sulfide) groups is 1. The van der Waals surface area contributed by atoms with Crippen LogP contribution < -0.4 is 11.1 Å². The third-order valence-corrected chi connectivity index (χ3v) is 6.36. The van der Waals surface area contributed by atoms with Crippen LogP contribution in [0.4, 0.5) is 20.3 Å². The molecule has 0 aliphatic carbocycles. The van der Waals surface area contributed by atoms with E-state index in [0.717, 1.165) is 11.8 Å². The molecule has 0 saturated heterocycles. The van der Waals surface area contributed by atoms with Crippen molar-refractivity contribution in [3.05, 3.63) is 53.2 Å². The van der Waals surface area contributed by atoms with Gasteiger partial charge in [-0.15, -0.1) is 11.8 Å². The number of benzene rings is 1. The van der Waals surface area contributed by atoms with Crippen LogP contribution >= 0.6 is 23.4 Å². The van der Waals surface area contributed by atoms with Crippen molar-refractivity contribution >= 4 is 51.7 Å². The number of aromatic nitrogens is 3. The van der Waals surface area contributed by atoms with Crippen molar-refractivity contribution in [2.24, 2.45) is 10.7 Å². The third-order valence-electron chi connectivity index (χ3n) is 4.70. The number of nitrogens with zero attached hydrogens (tertiary/aromatic N) is 4. The van der Waals surface area contributed by atoms with Crippen molar-refractivity contribution in [1.29, 1.82) is 0 Å². The van der Waals surface area contributed by atoms with E-state index < -0.39 is 16.4 Å². The molecule has 1 aliphatic heterocycles. The predicted molar refractivity (Wildman–Crippen MR) is 113 cm³/mol. The average molecular weight is 435 g/mol. The number of aliphatic imine (C=N–C) groups is 1. The van der Waals surface area contributed by atoms with Gasteiger partial charge in [0.1, 0.15) is 23.5 Å². The first-order valence-corrected chi connectivity index (χ1v) is 10.1. The molecule has 6 nitrogen and oxygen atoms in total. The molecule has 29 heavy (non-hydrogen) atoms. The van der Waals surface area contributed by atoms with Gasteiger partial charge in [0.05, 0.1) is 16.1 Å². The molecular weight excluding hydrogens is 418 g/mol. The van der Waals surface area contributed by atoms with Gasteiger partial charge in [-0.25, -0.2) is 23.7 Å². The number of halogens is 3. The molecule has 0 fully saturated rings. The Hall–Kier alpha value is -2.52. The van der Waals surface area contributed by atoms with Crippen molar-refractivity contribution in [3.8, 4) is 0 Å². The number of hydrogen-bond acceptors (Lipinski definition) is 7. The van der Waals surface area contributed by atoms with Gasteiger partial charge in [-0.3, -0.25) is 4.99 Å². The minimum Gasteiger partial charge on any atom is -0.384 e. The second kappa shape index (κ2) is 7.07. The lowest BCUT2D eigenvalue weighted by Gasteiger charge is -2.35. The molecule has 4 rings (SSSR count). The molecule has 3 aromatic rings. The summed E-state index contributed by atoms with van der Waals surface area (Å²) in [6, 6.07) is 6.21. The number of anilines is 2. The van der Waals surface area contributed by atoms with E-state index in [4.69, 9.17) is 17.3 Å². The van der Waals surface area contributed by atoms with Crippen molar-refractivity contribution in [2.45, 2.75) is 24.4 Å². The second-order valence-corrected chi connectivity index (χ2v) is 8.82. The van der Waals surface area contributed by atoms with Crippen molar-refractivity contribution in [3.63, 3.8) is 0 Å². The van der Waals surface area contributed by atoms with Gasteiger partial charge in [-0.2, -0.15) is 0 Å². The summed E-state index contributed by atoms with van der Waals surface area (Å²) in [5.74, 6) is 0.0936. The molecular formula is C19H17ClF2N6S. The van der Waals surface area contributed by atoms with Crippen LogP contribution in [0.3, 0.4) is 0 Å². The van der Waals surface area contributed by atoms with Crippen molar-refractivity contribution in [1.82, 2.24) is 15.0 Å². The predicted octanol–water partition coefficient (Wildman–Crippen LogP) is 4.57. The van der Waals surface area contributed by atoms with E-state index in [1.54, 1.807) is 25.1 Å². The number of alkyl halides is 1. The van der Waals surface area contributed by atoms with E-state index in [1.807, 2.05) is 0 Å². The maximum atomic E-state index is 14.7. The number of hydrogen-bond donors (Lipinski definition) is 2. The zero-order chi connectivity index (χ0) is 20.8. The molecule has 1 aliphatic rings. The molecule has 0 radical (unpaired) electrons. The van der Waals surface area contributed by atoms with Crippen LogP contribution in [0.15, 0.2) is 41.8 Å². The van der Waals surface area contributed by atoms with Crippen LogP contribution in [0.25, 0.3) is 11.0 Å². The first kappa shape index (κ1) is 19.8. The molecule has 1 aromatic carbocycles. The maximum Gasteiger partial charge on any atom is 0.209 e. The first-order valence-electron chi connectivity index (χ1n) is 8.70. The zero-order valence-electron chi connectivity index (χ0n) is 15.6. The minimum atomic E-state index is -1.77. The van der Waals surface area contributed by atoms with Gasteiger partial charge in [-0.1, -0.05) is 11.6 Å². The molecule has 0 amide bonds. The summed E-state index contributed by atoms with van der Waals surface area (Å²) in [7, 11) is 0. The molecule has 0 bridgehead atoms. The van der Waals surface area contributed by atoms with Crippen LogP contribution in [0.1, 0.15) is 19.4 Å². The number of nitrogens with one attached hydrogen (secondary N) is 1. The Morgan fingerprint density at radius 1 is 1.21 bits per heavy atom. The highest BCUT2D eigenvalue weighted by molar-refractivity contribution is 8.01. The van der Waals surface area contributed by atoms with Gasteiger partial charge in [-0.05, 0) is 38.1 Å². The molecule has 0 spiro atoms. The summed E-state index contributed by atoms with van der Waals surface area (Å²) in [4.78, 5) is 16.9. The minimum absolute atomic E-state index is 0.156. The smallest absolute Gasteiger partial charge is 0.209 e. The number of pyridine rings is 1. The lowest BCUT2D eigenvalue weighted by atomic mass is 9.93. The Balaban J connectivity index is 1.73. The van der Waals surface area contributed by atoms with Crippen molar-refractivity contribution in [2.75, 3.05) is 11.1 Å². The van der Waals surface area contributed by atoms with E-state index in [0.29, 0.717) is 33.1 Å². The highest BCUT2D eigenvalue weighted by atomic mass is 35.5. The topological polar surface area (TPSA) is 89.1 Å². The van der Waals surface area contributed by atoms with Crippen LogP contribution in [0.5, 0.6) is 0 Å². The standard InChI is InChI=1S/C19H17ClF2N6S/c1-18(8-29-19(2,22)17(23)28-18)12-6-11(3-4-13(12)21)27-16-15-14(25-9-26-16)5-10(20)7-24-15/h3-7,9H,8H2,1-2H3,(H2,23,28)(H,25,26,27)/t18-,19+/m0/s1. The number of amidine groups is 1. The van der Waals surface area contributed by atoms with Crippen LogP contribution in [0.2, 0.25) is 5.02 Å². The summed E-state index contributed by atoms with van der Waals surface area (Å²) in [6.07, 6.45) is 2.89. The fraction of sp³-hybridized carbons (Fsp3) is 0.263. The summed E-state index contributed by atoms with van der Waals surface area (Å²) < 4.78 is 29.0. The fourth-order valence-corrected chi connectivity index (χ4v) is 4.17. The Bertz CT molecular complexity index is 1140. The Labute approximate surface area is 175 Å². The van der Waals surface area contributed by atoms with Gasteiger partial charge >= 0.3 is 0 Å². The quantitative estimate of drug-likeness (QED) is 0.627. The second-order valence-electron chi connectivity index (χ2n) is 7.04. The van der Waals surface area contributed by atoms with Gasteiger partial charge in [0.2, 0.25) is 5.00 Å². The third kappa shape index (κ3) is 3.72. The Morgan fingerprint density at radius 3 is 2.76 bits per heavy atom. The number of fused-ring (bicyclic) bond motifs is 1. The molecule has 0 unspecified atom stereocenters. The van der Waals surface area contributed by atoms with E-state index in [2.05, 4.69) is 25.3 Å². The summed E-state index contributed by atoms with van der Waals surface area (Å²) >= 11 is 6.97. The summed E-state index contributed by atoms with van der Waals surface area (Å²) in [5.41, 5.74) is 6.78. The Morgan fingerprint density at radius 2 is 2.00 bits per heavy atom. The highest BCUT2D eigenvalue weighted by Crippen LogP contribution is 2.42. The van der Waals surface area contributed by atoms with E-state index in [-0.39, 0.29) is 11.6 Å². The lowest BCUT2D eigenvalue weighted by Crippen LogP contribution is -2.43. The molecule has 150 valence electrons. The normalized spacial score (nSPS) is 24.4. The van der Waals surface area contributed by atoms with Crippen LogP contribution in [-0.2, 0) is 5.54 Å². The van der Waals surface area contributed by atoms with Gasteiger partial charge in [0.15, 0.2) is 5.82 Å². The van der Waals surface area contributed by atoms with Crippen LogP contribution in [0, 0.1) is 5.82 Å². The molecule has 2 atom stereocenters. The van der Waals surface area contributed by atoms with Gasteiger partial charge in [0.25, 0.3) is 0 Å². The lowest BCUT2D eigenvalue weighted by molar-refractivity contribution is 0.389. The SMILES string of the molecule is C[C@@]1(F)SC[C@@](C)(c2cc(Nc3ncnc4cc(Cl)cnc34)ccc2F)N=C1N. The monoisotopic (exact) mass is 434 g/mol.